The number of nitrogens with zero attached hydrogens (tertiary/aromatic N) is 1. The van der Waals surface area contributed by atoms with Gasteiger partial charge in [0.1, 0.15) is 6.10 Å². The Balaban J connectivity index is 1.93. The van der Waals surface area contributed by atoms with Gasteiger partial charge in [-0.15, -0.1) is 0 Å². The lowest BCUT2D eigenvalue weighted by Crippen LogP contribution is -2.63. The first-order chi connectivity index (χ1) is 12.9. The Morgan fingerprint density at radius 3 is 2.74 bits per heavy atom. The summed E-state index contributed by atoms with van der Waals surface area (Å²) >= 11 is 0. The van der Waals surface area contributed by atoms with E-state index >= 15 is 0 Å². The Bertz CT molecular complexity index is 791. The number of hydrogen-bond donors (Lipinski definition) is 0. The number of likely N-dealkylation sites (N-methyl/N-ethyl adjacent to an activating group) is 1. The molecular weight excluding hydrogens is 346 g/mol. The second-order valence-corrected chi connectivity index (χ2v) is 8.09. The zero-order valence-electron chi connectivity index (χ0n) is 16.4. The lowest BCUT2D eigenvalue weighted by atomic mass is 9.51. The number of hydrogen-bond acceptors (Lipinski definition) is 6. The number of Topliss-reactive ketones (excluding diaryl/α,β-unsaturated/α-hetero) is 1. The number of benzene rings is 1. The minimum Gasteiger partial charge on any atom is -0.493 e. The van der Waals surface area contributed by atoms with E-state index in [4.69, 9.17) is 14.2 Å². The van der Waals surface area contributed by atoms with Crippen LogP contribution in [0.1, 0.15) is 37.3 Å². The molecule has 1 aromatic rings. The van der Waals surface area contributed by atoms with Gasteiger partial charge in [0, 0.05) is 37.5 Å². The van der Waals surface area contributed by atoms with Crippen LogP contribution in [0.25, 0.3) is 0 Å². The Labute approximate surface area is 159 Å². The zero-order valence-corrected chi connectivity index (χ0v) is 16.4. The van der Waals surface area contributed by atoms with E-state index < -0.39 is 0 Å². The maximum Gasteiger partial charge on any atom is 0.308 e. The van der Waals surface area contributed by atoms with Crippen LogP contribution in [0.15, 0.2) is 12.1 Å². The van der Waals surface area contributed by atoms with Gasteiger partial charge in [-0.25, -0.2) is 0 Å². The van der Waals surface area contributed by atoms with Crippen molar-refractivity contribution in [2.45, 2.75) is 50.2 Å². The molecule has 2 bridgehead atoms. The van der Waals surface area contributed by atoms with Crippen LogP contribution in [-0.4, -0.2) is 56.6 Å². The number of ketones is 1. The maximum atomic E-state index is 12.9. The van der Waals surface area contributed by atoms with Gasteiger partial charge in [0.25, 0.3) is 0 Å². The van der Waals surface area contributed by atoms with Crippen LogP contribution >= 0.6 is 0 Å². The summed E-state index contributed by atoms with van der Waals surface area (Å²) in [6.45, 7) is 2.32. The van der Waals surface area contributed by atoms with Crippen LogP contribution in [0, 0.1) is 5.92 Å². The lowest BCUT2D eigenvalue weighted by Gasteiger charge is -2.58. The fourth-order valence-corrected chi connectivity index (χ4v) is 5.67. The van der Waals surface area contributed by atoms with Crippen LogP contribution in [0.5, 0.6) is 11.5 Å². The number of esters is 1. The number of rotatable bonds is 3. The standard InChI is InChI=1S/C21H27NO5/c1-12(23)27-20-17(25-3)6-5-13-9-15-14-10-18(26-4)16(24)11-21(14,19(13)20)7-8-22(15)2/h5-6,14-15,18H,7-11H2,1-4H3/t14-,15+,18-,21-/m1/s1. The van der Waals surface area contributed by atoms with E-state index in [2.05, 4.69) is 18.0 Å². The van der Waals surface area contributed by atoms with Crippen LogP contribution in [0.3, 0.4) is 0 Å². The largest absolute Gasteiger partial charge is 0.493 e. The average molecular weight is 373 g/mol. The topological polar surface area (TPSA) is 65.1 Å². The minimum absolute atomic E-state index is 0.140. The number of methoxy groups -OCH3 is 2. The van der Waals surface area contributed by atoms with E-state index in [-0.39, 0.29) is 29.2 Å². The molecule has 4 rings (SSSR count). The average Bonchev–Trinajstić information content (AvgIpc) is 2.63. The first-order valence-corrected chi connectivity index (χ1v) is 9.55. The van der Waals surface area contributed by atoms with Crippen LogP contribution < -0.4 is 9.47 Å². The Kier molecular flexibility index (Phi) is 4.51. The molecule has 3 aliphatic rings. The molecule has 0 radical (unpaired) electrons. The van der Waals surface area contributed by atoms with E-state index in [1.165, 1.54) is 6.92 Å². The first-order valence-electron chi connectivity index (χ1n) is 9.55. The number of carbonyl (C=O) groups excluding carboxylic acids is 2. The fourth-order valence-electron chi connectivity index (χ4n) is 5.67. The number of carbonyl (C=O) groups is 2. The number of likely N-dealkylation sites (tertiary alicyclic amines) is 1. The molecule has 6 heteroatoms. The van der Waals surface area contributed by atoms with Crippen LogP contribution in [0.2, 0.25) is 0 Å². The van der Waals surface area contributed by atoms with E-state index in [1.807, 2.05) is 6.07 Å². The molecule has 1 heterocycles. The van der Waals surface area contributed by atoms with E-state index in [9.17, 15) is 9.59 Å². The molecule has 0 aromatic heterocycles. The van der Waals surface area contributed by atoms with Crippen molar-refractivity contribution in [2.75, 3.05) is 27.8 Å². The molecule has 2 aliphatic carbocycles. The van der Waals surface area contributed by atoms with Crippen molar-refractivity contribution in [3.8, 4) is 11.5 Å². The van der Waals surface area contributed by atoms with Gasteiger partial charge in [0.15, 0.2) is 17.3 Å². The summed E-state index contributed by atoms with van der Waals surface area (Å²) in [5.41, 5.74) is 1.84. The molecule has 0 spiro atoms. The molecule has 0 unspecified atom stereocenters. The molecule has 1 aliphatic heterocycles. The highest BCUT2D eigenvalue weighted by Gasteiger charge is 2.58. The van der Waals surface area contributed by atoms with Gasteiger partial charge in [-0.3, -0.25) is 9.59 Å². The van der Waals surface area contributed by atoms with E-state index in [1.54, 1.807) is 14.2 Å². The fraction of sp³-hybridized carbons (Fsp3) is 0.619. The second-order valence-electron chi connectivity index (χ2n) is 8.09. The predicted octanol–water partition coefficient (Wildman–Crippen LogP) is 2.11. The molecule has 1 saturated carbocycles. The molecule has 0 N–H and O–H groups in total. The third-order valence-corrected chi connectivity index (χ3v) is 6.85. The summed E-state index contributed by atoms with van der Waals surface area (Å²) in [5.74, 6) is 1.10. The highest BCUT2D eigenvalue weighted by atomic mass is 16.6. The molecule has 4 atom stereocenters. The summed E-state index contributed by atoms with van der Waals surface area (Å²) in [6.07, 6.45) is 2.53. The van der Waals surface area contributed by atoms with Gasteiger partial charge in [-0.1, -0.05) is 6.07 Å². The van der Waals surface area contributed by atoms with Crippen molar-refractivity contribution >= 4 is 11.8 Å². The van der Waals surface area contributed by atoms with Gasteiger partial charge in [-0.2, -0.15) is 0 Å². The molecular formula is C21H27NO5. The van der Waals surface area contributed by atoms with E-state index in [0.29, 0.717) is 30.4 Å². The maximum absolute atomic E-state index is 12.9. The summed E-state index contributed by atoms with van der Waals surface area (Å²) in [7, 11) is 5.36. The van der Waals surface area contributed by atoms with Gasteiger partial charge < -0.3 is 19.1 Å². The predicted molar refractivity (Wildman–Crippen MR) is 99.2 cm³/mol. The molecule has 1 saturated heterocycles. The third-order valence-electron chi connectivity index (χ3n) is 6.85. The van der Waals surface area contributed by atoms with Crippen molar-refractivity contribution in [2.24, 2.45) is 5.92 Å². The Hall–Kier alpha value is -1.92. The van der Waals surface area contributed by atoms with Crippen molar-refractivity contribution < 1.29 is 23.8 Å². The Morgan fingerprint density at radius 2 is 2.07 bits per heavy atom. The molecule has 6 nitrogen and oxygen atoms in total. The zero-order chi connectivity index (χ0) is 19.3. The van der Waals surface area contributed by atoms with Gasteiger partial charge in [0.05, 0.1) is 7.11 Å². The normalized spacial score (nSPS) is 32.4. The molecule has 1 aromatic carbocycles. The smallest absolute Gasteiger partial charge is 0.308 e. The quantitative estimate of drug-likeness (QED) is 0.597. The van der Waals surface area contributed by atoms with Crippen LogP contribution in [0.4, 0.5) is 0 Å². The monoisotopic (exact) mass is 373 g/mol. The van der Waals surface area contributed by atoms with Gasteiger partial charge in [-0.05, 0) is 50.4 Å². The van der Waals surface area contributed by atoms with Gasteiger partial charge in [0.2, 0.25) is 0 Å². The summed E-state index contributed by atoms with van der Waals surface area (Å²) < 4.78 is 16.7. The minimum atomic E-state index is -0.374. The van der Waals surface area contributed by atoms with Crippen molar-refractivity contribution in [1.29, 1.82) is 0 Å². The third kappa shape index (κ3) is 2.69. The highest BCUT2D eigenvalue weighted by molar-refractivity contribution is 5.86. The molecule has 0 amide bonds. The second kappa shape index (κ2) is 6.60. The number of ether oxygens (including phenoxy) is 3. The number of piperidine rings is 1. The SMILES string of the molecule is COc1ccc2c(c1OC(C)=O)[C@@]13CCN(C)[C@@H](C2)[C@H]1C[C@@H](OC)C(=O)C3. The van der Waals surface area contributed by atoms with Crippen LogP contribution in [-0.2, 0) is 26.2 Å². The molecule has 146 valence electrons. The van der Waals surface area contributed by atoms with Crippen molar-refractivity contribution in [3.05, 3.63) is 23.3 Å². The molecule has 27 heavy (non-hydrogen) atoms. The molecule has 2 fully saturated rings. The van der Waals surface area contributed by atoms with Crippen molar-refractivity contribution in [3.63, 3.8) is 0 Å². The Morgan fingerprint density at radius 1 is 1.30 bits per heavy atom. The lowest BCUT2D eigenvalue weighted by molar-refractivity contribution is -0.141. The summed E-state index contributed by atoms with van der Waals surface area (Å²) in [4.78, 5) is 27.1. The summed E-state index contributed by atoms with van der Waals surface area (Å²) in [6, 6.07) is 4.29. The van der Waals surface area contributed by atoms with Gasteiger partial charge >= 0.3 is 5.97 Å². The number of fused-ring (bicyclic) bond motifs is 1. The first kappa shape index (κ1) is 18.4. The van der Waals surface area contributed by atoms with E-state index in [0.717, 1.165) is 30.5 Å². The highest BCUT2D eigenvalue weighted by Crippen LogP contribution is 2.58. The van der Waals surface area contributed by atoms with Crippen molar-refractivity contribution in [1.82, 2.24) is 4.90 Å². The summed E-state index contributed by atoms with van der Waals surface area (Å²) in [5, 5.41) is 0.